The summed E-state index contributed by atoms with van der Waals surface area (Å²) in [4.78, 5) is 0. The number of ether oxygens (including phenoxy) is 1. The molecule has 1 heterocycles. The first-order valence-corrected chi connectivity index (χ1v) is 4.08. The van der Waals surface area contributed by atoms with Crippen molar-refractivity contribution in [3.8, 4) is 0 Å². The fourth-order valence-corrected chi connectivity index (χ4v) is 1.07. The summed E-state index contributed by atoms with van der Waals surface area (Å²) in [5, 5.41) is 7.70. The molecule has 0 fully saturated rings. The minimum absolute atomic E-state index is 0.686. The highest BCUT2D eigenvalue weighted by molar-refractivity contribution is 9.10. The van der Waals surface area contributed by atoms with Crippen LogP contribution in [-0.2, 0) is 11.2 Å². The van der Waals surface area contributed by atoms with Crippen LogP contribution < -0.4 is 0 Å². The smallest absolute Gasteiger partial charge is 0.0665 e. The lowest BCUT2D eigenvalue weighted by Gasteiger charge is -1.97. The van der Waals surface area contributed by atoms with E-state index in [1.54, 1.807) is 13.3 Å². The van der Waals surface area contributed by atoms with Crippen LogP contribution in [0.2, 0.25) is 0 Å². The number of aromatic nitrogens is 2. The molecule has 3 nitrogen and oxygen atoms in total. The number of hydrogen-bond acceptors (Lipinski definition) is 3. The molecule has 1 rings (SSSR count). The molecule has 4 heteroatoms. The molecular formula is C7H9BrN2O. The van der Waals surface area contributed by atoms with E-state index in [2.05, 4.69) is 26.1 Å². The zero-order valence-electron chi connectivity index (χ0n) is 6.25. The molecule has 0 aromatic carbocycles. The molecule has 1 aromatic heterocycles. The fourth-order valence-electron chi connectivity index (χ4n) is 0.712. The number of nitrogens with zero attached hydrogens (tertiary/aromatic N) is 2. The molecule has 0 aliphatic rings. The molecule has 0 saturated carbocycles. The molecule has 0 saturated heterocycles. The monoisotopic (exact) mass is 216 g/mol. The molecule has 0 aliphatic heterocycles. The molecule has 0 radical (unpaired) electrons. The van der Waals surface area contributed by atoms with E-state index in [0.29, 0.717) is 6.61 Å². The summed E-state index contributed by atoms with van der Waals surface area (Å²) in [5.74, 6) is 0. The topological polar surface area (TPSA) is 35.0 Å². The predicted molar refractivity (Wildman–Crippen MR) is 45.3 cm³/mol. The van der Waals surface area contributed by atoms with Crippen molar-refractivity contribution in [1.82, 2.24) is 10.2 Å². The van der Waals surface area contributed by atoms with Crippen LogP contribution >= 0.6 is 15.9 Å². The van der Waals surface area contributed by atoms with Crippen molar-refractivity contribution in [2.45, 2.75) is 6.42 Å². The van der Waals surface area contributed by atoms with Gasteiger partial charge in [-0.2, -0.15) is 10.2 Å². The normalized spacial score (nSPS) is 10.0. The first-order valence-electron chi connectivity index (χ1n) is 3.29. The highest BCUT2D eigenvalue weighted by Crippen LogP contribution is 2.07. The second-order valence-corrected chi connectivity index (χ2v) is 3.02. The average molecular weight is 217 g/mol. The van der Waals surface area contributed by atoms with Gasteiger partial charge in [0.1, 0.15) is 0 Å². The van der Waals surface area contributed by atoms with Crippen LogP contribution in [0.3, 0.4) is 0 Å². The van der Waals surface area contributed by atoms with Crippen LogP contribution in [0.15, 0.2) is 16.7 Å². The third kappa shape index (κ3) is 2.95. The van der Waals surface area contributed by atoms with Gasteiger partial charge in [-0.15, -0.1) is 0 Å². The highest BCUT2D eigenvalue weighted by Gasteiger charge is 1.94. The minimum Gasteiger partial charge on any atom is -0.384 e. The summed E-state index contributed by atoms with van der Waals surface area (Å²) in [7, 11) is 1.67. The molecule has 60 valence electrons. The Morgan fingerprint density at radius 3 is 3.09 bits per heavy atom. The van der Waals surface area contributed by atoms with E-state index in [4.69, 9.17) is 4.74 Å². The zero-order chi connectivity index (χ0) is 8.10. The van der Waals surface area contributed by atoms with Gasteiger partial charge in [-0.3, -0.25) is 0 Å². The second-order valence-electron chi connectivity index (χ2n) is 2.11. The molecule has 1 aromatic rings. The molecule has 0 N–H and O–H groups in total. The van der Waals surface area contributed by atoms with Crippen molar-refractivity contribution in [3.63, 3.8) is 0 Å². The van der Waals surface area contributed by atoms with Crippen molar-refractivity contribution in [3.05, 3.63) is 22.4 Å². The van der Waals surface area contributed by atoms with Crippen LogP contribution in [0.5, 0.6) is 0 Å². The van der Waals surface area contributed by atoms with Crippen molar-refractivity contribution < 1.29 is 4.74 Å². The summed E-state index contributed by atoms with van der Waals surface area (Å²) in [6, 6.07) is 1.94. The number of rotatable bonds is 3. The van der Waals surface area contributed by atoms with E-state index >= 15 is 0 Å². The summed E-state index contributed by atoms with van der Waals surface area (Å²) in [6.07, 6.45) is 2.47. The molecule has 0 atom stereocenters. The van der Waals surface area contributed by atoms with E-state index in [-0.39, 0.29) is 0 Å². The van der Waals surface area contributed by atoms with Crippen molar-refractivity contribution in [2.75, 3.05) is 13.7 Å². The van der Waals surface area contributed by atoms with Gasteiger partial charge in [0, 0.05) is 18.0 Å². The van der Waals surface area contributed by atoms with Gasteiger partial charge >= 0.3 is 0 Å². The van der Waals surface area contributed by atoms with Crippen LogP contribution in [0.25, 0.3) is 0 Å². The van der Waals surface area contributed by atoms with Gasteiger partial charge < -0.3 is 4.74 Å². The Hall–Kier alpha value is -0.480. The van der Waals surface area contributed by atoms with Gasteiger partial charge in [-0.1, -0.05) is 0 Å². The van der Waals surface area contributed by atoms with Gasteiger partial charge in [0.15, 0.2) is 0 Å². The van der Waals surface area contributed by atoms with Gasteiger partial charge in [0.05, 0.1) is 18.5 Å². The van der Waals surface area contributed by atoms with E-state index in [9.17, 15) is 0 Å². The van der Waals surface area contributed by atoms with E-state index < -0.39 is 0 Å². The summed E-state index contributed by atoms with van der Waals surface area (Å²) in [6.45, 7) is 0.686. The van der Waals surface area contributed by atoms with Crippen molar-refractivity contribution >= 4 is 15.9 Å². The first-order chi connectivity index (χ1) is 5.33. The van der Waals surface area contributed by atoms with Gasteiger partial charge in [0.2, 0.25) is 0 Å². The third-order valence-electron chi connectivity index (χ3n) is 1.23. The Balaban J connectivity index is 2.56. The molecular weight excluding hydrogens is 208 g/mol. The first kappa shape index (κ1) is 8.62. The largest absolute Gasteiger partial charge is 0.384 e. The maximum atomic E-state index is 4.90. The number of halogens is 1. The molecule has 11 heavy (non-hydrogen) atoms. The Morgan fingerprint density at radius 1 is 1.64 bits per heavy atom. The standard InChI is InChI=1S/C7H9BrN2O/c1-11-3-2-7-4-6(8)5-9-10-7/h4-5H,2-3H2,1H3. The predicted octanol–water partition coefficient (Wildman–Crippen LogP) is 1.43. The number of methoxy groups -OCH3 is 1. The van der Waals surface area contributed by atoms with Crippen LogP contribution in [0.4, 0.5) is 0 Å². The van der Waals surface area contributed by atoms with E-state index in [1.165, 1.54) is 0 Å². The maximum absolute atomic E-state index is 4.90. The van der Waals surface area contributed by atoms with Gasteiger partial charge in [-0.25, -0.2) is 0 Å². The minimum atomic E-state index is 0.686. The van der Waals surface area contributed by atoms with Crippen molar-refractivity contribution in [1.29, 1.82) is 0 Å². The Bertz CT molecular complexity index is 229. The molecule has 0 unspecified atom stereocenters. The lowest BCUT2D eigenvalue weighted by Crippen LogP contribution is -1.98. The third-order valence-corrected chi connectivity index (χ3v) is 1.67. The van der Waals surface area contributed by atoms with Crippen LogP contribution in [0.1, 0.15) is 5.69 Å². The summed E-state index contributed by atoms with van der Waals surface area (Å²) in [5.41, 5.74) is 0.946. The van der Waals surface area contributed by atoms with Crippen LogP contribution in [0, 0.1) is 0 Å². The van der Waals surface area contributed by atoms with E-state index in [1.807, 2.05) is 6.07 Å². The quantitative estimate of drug-likeness (QED) is 0.768. The summed E-state index contributed by atoms with van der Waals surface area (Å²) >= 11 is 3.31. The summed E-state index contributed by atoms with van der Waals surface area (Å²) < 4.78 is 5.86. The SMILES string of the molecule is COCCc1cc(Br)cnn1. The maximum Gasteiger partial charge on any atom is 0.0665 e. The Labute approximate surface area is 73.9 Å². The molecule has 0 aliphatic carbocycles. The van der Waals surface area contributed by atoms with Gasteiger partial charge in [-0.05, 0) is 22.0 Å². The highest BCUT2D eigenvalue weighted by atomic mass is 79.9. The Morgan fingerprint density at radius 2 is 2.45 bits per heavy atom. The lowest BCUT2D eigenvalue weighted by molar-refractivity contribution is 0.201. The molecule has 0 bridgehead atoms. The van der Waals surface area contributed by atoms with Crippen molar-refractivity contribution in [2.24, 2.45) is 0 Å². The molecule has 0 spiro atoms. The average Bonchev–Trinajstić information content (AvgIpc) is 2.01. The fraction of sp³-hybridized carbons (Fsp3) is 0.429. The Kier molecular flexibility index (Phi) is 3.45. The zero-order valence-corrected chi connectivity index (χ0v) is 7.84. The number of hydrogen-bond donors (Lipinski definition) is 0. The lowest BCUT2D eigenvalue weighted by atomic mass is 10.3. The van der Waals surface area contributed by atoms with Gasteiger partial charge in [0.25, 0.3) is 0 Å². The van der Waals surface area contributed by atoms with Crippen LogP contribution in [-0.4, -0.2) is 23.9 Å². The second kappa shape index (κ2) is 4.41. The van der Waals surface area contributed by atoms with E-state index in [0.717, 1.165) is 16.6 Å². The molecule has 0 amide bonds.